The Morgan fingerprint density at radius 3 is 2.65 bits per heavy atom. The Balaban J connectivity index is 1.35. The number of amides is 1. The molecular formula is C21H16BrFN6O2. The Labute approximate surface area is 184 Å². The Bertz CT molecular complexity index is 1330. The van der Waals surface area contributed by atoms with Gasteiger partial charge in [0.1, 0.15) is 16.7 Å². The number of pyridine rings is 1. The second-order valence-electron chi connectivity index (χ2n) is 7.17. The molecule has 0 spiro atoms. The number of nitrogens with one attached hydrogen (secondary N) is 1. The van der Waals surface area contributed by atoms with Crippen LogP contribution >= 0.6 is 15.9 Å². The summed E-state index contributed by atoms with van der Waals surface area (Å²) < 4.78 is 14.7. The van der Waals surface area contributed by atoms with Crippen LogP contribution in [0.4, 0.5) is 10.2 Å². The highest BCUT2D eigenvalue weighted by atomic mass is 79.9. The molecule has 1 N–H and O–H groups in total. The van der Waals surface area contributed by atoms with Crippen LogP contribution in [-0.2, 0) is 4.79 Å². The number of Topliss-reactive ketones (excluding diaryl/α,β-unsaturated/α-hetero) is 1. The molecule has 0 radical (unpaired) electrons. The highest BCUT2D eigenvalue weighted by Gasteiger charge is 2.30. The second kappa shape index (κ2) is 7.69. The van der Waals surface area contributed by atoms with Crippen LogP contribution in [0.1, 0.15) is 10.4 Å². The minimum Gasteiger partial charge on any atom is -0.358 e. The first kappa shape index (κ1) is 19.6. The standard InChI is InChI=1S/C21H16BrFN6O2/c22-19-17-16(14(23)10-25-19)13(9-24-17)18(30)21(31)29-7-5-28(6-8-29)20-12-3-1-2-4-15(12)26-11-27-20/h1-4,9-11,24H,5-8H2. The number of hydrogen-bond acceptors (Lipinski definition) is 6. The Morgan fingerprint density at radius 1 is 1.06 bits per heavy atom. The van der Waals surface area contributed by atoms with Crippen LogP contribution in [0.25, 0.3) is 21.8 Å². The van der Waals surface area contributed by atoms with Crippen molar-refractivity contribution in [2.75, 3.05) is 31.1 Å². The fourth-order valence-electron chi connectivity index (χ4n) is 3.88. The summed E-state index contributed by atoms with van der Waals surface area (Å²) in [7, 11) is 0. The van der Waals surface area contributed by atoms with Gasteiger partial charge in [0.25, 0.3) is 11.7 Å². The maximum atomic E-state index is 14.3. The molecule has 0 saturated carbocycles. The third-order valence-electron chi connectivity index (χ3n) is 5.44. The predicted octanol–water partition coefficient (Wildman–Crippen LogP) is 2.94. The number of aromatic amines is 1. The SMILES string of the molecule is O=C(C(=O)N1CCN(c2ncnc3ccccc23)CC1)c1c[nH]c2c(Br)ncc(F)c12. The molecule has 4 heterocycles. The van der Waals surface area contributed by atoms with E-state index in [1.807, 2.05) is 24.3 Å². The van der Waals surface area contributed by atoms with Gasteiger partial charge in [-0.15, -0.1) is 0 Å². The van der Waals surface area contributed by atoms with Gasteiger partial charge in [-0.25, -0.2) is 19.3 Å². The molecule has 1 aliphatic rings. The molecule has 8 nitrogen and oxygen atoms in total. The molecule has 10 heteroatoms. The second-order valence-corrected chi connectivity index (χ2v) is 7.92. The van der Waals surface area contributed by atoms with E-state index in [-0.39, 0.29) is 10.9 Å². The fourth-order valence-corrected chi connectivity index (χ4v) is 4.29. The van der Waals surface area contributed by atoms with E-state index >= 15 is 0 Å². The number of rotatable bonds is 3. The molecule has 1 saturated heterocycles. The molecular weight excluding hydrogens is 467 g/mol. The summed E-state index contributed by atoms with van der Waals surface area (Å²) >= 11 is 3.22. The van der Waals surface area contributed by atoms with Crippen LogP contribution in [0.2, 0.25) is 0 Å². The molecule has 1 amide bonds. The molecule has 0 bridgehead atoms. The topological polar surface area (TPSA) is 95.1 Å². The van der Waals surface area contributed by atoms with E-state index in [4.69, 9.17) is 0 Å². The zero-order chi connectivity index (χ0) is 21.5. The highest BCUT2D eigenvalue weighted by Crippen LogP contribution is 2.28. The van der Waals surface area contributed by atoms with Crippen molar-refractivity contribution >= 4 is 55.2 Å². The van der Waals surface area contributed by atoms with Crippen LogP contribution in [0.15, 0.2) is 47.6 Å². The van der Waals surface area contributed by atoms with Crippen molar-refractivity contribution in [2.24, 2.45) is 0 Å². The van der Waals surface area contributed by atoms with Crippen LogP contribution in [-0.4, -0.2) is 62.7 Å². The molecule has 4 aromatic rings. The molecule has 1 aliphatic heterocycles. The third-order valence-corrected chi connectivity index (χ3v) is 6.04. The van der Waals surface area contributed by atoms with Gasteiger partial charge in [-0.05, 0) is 28.1 Å². The smallest absolute Gasteiger partial charge is 0.295 e. The Kier molecular flexibility index (Phi) is 4.85. The van der Waals surface area contributed by atoms with Gasteiger partial charge in [0, 0.05) is 37.8 Å². The first-order chi connectivity index (χ1) is 15.0. The molecule has 156 valence electrons. The van der Waals surface area contributed by atoms with Gasteiger partial charge in [-0.3, -0.25) is 9.59 Å². The van der Waals surface area contributed by atoms with Crippen LogP contribution in [0.5, 0.6) is 0 Å². The summed E-state index contributed by atoms with van der Waals surface area (Å²) in [4.78, 5) is 44.7. The number of benzene rings is 1. The summed E-state index contributed by atoms with van der Waals surface area (Å²) in [6, 6.07) is 7.74. The molecule has 0 unspecified atom stereocenters. The van der Waals surface area contributed by atoms with E-state index in [9.17, 15) is 14.0 Å². The third kappa shape index (κ3) is 3.32. The minimum atomic E-state index is -0.746. The lowest BCUT2D eigenvalue weighted by Crippen LogP contribution is -2.51. The minimum absolute atomic E-state index is 0.00447. The summed E-state index contributed by atoms with van der Waals surface area (Å²) in [5.41, 5.74) is 1.20. The Hall–Kier alpha value is -3.40. The van der Waals surface area contributed by atoms with Crippen molar-refractivity contribution in [1.82, 2.24) is 24.8 Å². The maximum absolute atomic E-state index is 14.3. The molecule has 31 heavy (non-hydrogen) atoms. The Morgan fingerprint density at radius 2 is 1.84 bits per heavy atom. The monoisotopic (exact) mass is 482 g/mol. The quantitative estimate of drug-likeness (QED) is 0.274. The number of fused-ring (bicyclic) bond motifs is 2. The van der Waals surface area contributed by atoms with E-state index in [1.165, 1.54) is 17.4 Å². The van der Waals surface area contributed by atoms with Gasteiger partial charge >= 0.3 is 0 Å². The molecule has 3 aromatic heterocycles. The zero-order valence-corrected chi connectivity index (χ0v) is 17.8. The van der Waals surface area contributed by atoms with Crippen LogP contribution in [0, 0.1) is 5.82 Å². The first-order valence-electron chi connectivity index (χ1n) is 9.64. The number of anilines is 1. The first-order valence-corrected chi connectivity index (χ1v) is 10.4. The predicted molar refractivity (Wildman–Crippen MR) is 116 cm³/mol. The molecule has 1 fully saturated rings. The molecule has 0 atom stereocenters. The van der Waals surface area contributed by atoms with E-state index in [2.05, 4.69) is 40.8 Å². The number of aromatic nitrogens is 4. The lowest BCUT2D eigenvalue weighted by molar-refractivity contribution is -0.126. The van der Waals surface area contributed by atoms with Gasteiger partial charge in [0.2, 0.25) is 0 Å². The summed E-state index contributed by atoms with van der Waals surface area (Å²) in [5, 5.41) is 1.00. The van der Waals surface area contributed by atoms with Crippen molar-refractivity contribution < 1.29 is 14.0 Å². The van der Waals surface area contributed by atoms with E-state index in [1.54, 1.807) is 0 Å². The average Bonchev–Trinajstić information content (AvgIpc) is 3.27. The van der Waals surface area contributed by atoms with Gasteiger partial charge in [0.05, 0.1) is 28.2 Å². The number of nitrogens with zero attached hydrogens (tertiary/aromatic N) is 5. The van der Waals surface area contributed by atoms with Gasteiger partial charge < -0.3 is 14.8 Å². The number of para-hydroxylation sites is 1. The number of H-pyrrole nitrogens is 1. The number of piperazine rings is 1. The zero-order valence-electron chi connectivity index (χ0n) is 16.2. The number of hydrogen-bond donors (Lipinski definition) is 1. The van der Waals surface area contributed by atoms with Crippen LogP contribution in [0.3, 0.4) is 0 Å². The van der Waals surface area contributed by atoms with Crippen LogP contribution < -0.4 is 4.90 Å². The summed E-state index contributed by atoms with van der Waals surface area (Å²) in [6.07, 6.45) is 3.90. The van der Waals surface area contributed by atoms with Crippen molar-refractivity contribution in [1.29, 1.82) is 0 Å². The van der Waals surface area contributed by atoms with Crippen molar-refractivity contribution in [2.45, 2.75) is 0 Å². The number of halogens is 2. The lowest BCUT2D eigenvalue weighted by Gasteiger charge is -2.35. The van der Waals surface area contributed by atoms with Crippen molar-refractivity contribution in [3.8, 4) is 0 Å². The normalized spacial score (nSPS) is 14.4. The van der Waals surface area contributed by atoms with Gasteiger partial charge in [-0.2, -0.15) is 0 Å². The molecule has 5 rings (SSSR count). The highest BCUT2D eigenvalue weighted by molar-refractivity contribution is 9.10. The largest absolute Gasteiger partial charge is 0.358 e. The number of ketones is 1. The number of carbonyl (C=O) groups is 2. The van der Waals surface area contributed by atoms with E-state index in [0.717, 1.165) is 22.9 Å². The fraction of sp³-hybridized carbons (Fsp3) is 0.190. The molecule has 1 aromatic carbocycles. The molecule has 0 aliphatic carbocycles. The van der Waals surface area contributed by atoms with E-state index in [0.29, 0.717) is 36.3 Å². The van der Waals surface area contributed by atoms with E-state index < -0.39 is 17.5 Å². The lowest BCUT2D eigenvalue weighted by atomic mass is 10.1. The summed E-state index contributed by atoms with van der Waals surface area (Å²) in [6.45, 7) is 1.77. The number of carbonyl (C=O) groups excluding carboxylic acids is 2. The average molecular weight is 483 g/mol. The van der Waals surface area contributed by atoms with Gasteiger partial charge in [0.15, 0.2) is 5.82 Å². The van der Waals surface area contributed by atoms with Crippen molar-refractivity contribution in [3.63, 3.8) is 0 Å². The van der Waals surface area contributed by atoms with Gasteiger partial charge in [-0.1, -0.05) is 12.1 Å². The maximum Gasteiger partial charge on any atom is 0.295 e. The van der Waals surface area contributed by atoms with Crippen molar-refractivity contribution in [3.05, 3.63) is 59.0 Å². The summed E-state index contributed by atoms with van der Waals surface area (Å²) in [5.74, 6) is -1.25.